The predicted molar refractivity (Wildman–Crippen MR) is 73.5 cm³/mol. The Morgan fingerprint density at radius 1 is 1.12 bits per heavy atom. The lowest BCUT2D eigenvalue weighted by Crippen LogP contribution is -1.82. The average Bonchev–Trinajstić information content (AvgIpc) is 2.42. The van der Waals surface area contributed by atoms with Crippen molar-refractivity contribution in [3.8, 4) is 11.1 Å². The average molecular weight is 221 g/mol. The summed E-state index contributed by atoms with van der Waals surface area (Å²) in [7, 11) is 0. The zero-order chi connectivity index (χ0) is 12.1. The molecule has 0 fully saturated rings. The van der Waals surface area contributed by atoms with Gasteiger partial charge in [0.25, 0.3) is 0 Å². The Balaban J connectivity index is 2.34. The summed E-state index contributed by atoms with van der Waals surface area (Å²) in [5.74, 6) is 0. The summed E-state index contributed by atoms with van der Waals surface area (Å²) < 4.78 is 0. The molecule has 0 bridgehead atoms. The summed E-state index contributed by atoms with van der Waals surface area (Å²) in [5.41, 5.74) is 4.67. The SMILES string of the molecule is C=C/C(=C\C)c1ccc(-c2cccnc2)cc1. The van der Waals surface area contributed by atoms with Crippen LogP contribution in [0.15, 0.2) is 67.5 Å². The molecule has 1 heteroatoms. The molecule has 1 heterocycles. The second-order valence-corrected chi connectivity index (χ2v) is 3.77. The number of allylic oxidation sites excluding steroid dienone is 3. The van der Waals surface area contributed by atoms with Crippen molar-refractivity contribution in [2.45, 2.75) is 6.92 Å². The van der Waals surface area contributed by atoms with Gasteiger partial charge in [-0.25, -0.2) is 0 Å². The minimum Gasteiger partial charge on any atom is -0.264 e. The molecule has 2 rings (SSSR count). The van der Waals surface area contributed by atoms with Crippen LogP contribution in [0, 0.1) is 0 Å². The quantitative estimate of drug-likeness (QED) is 0.703. The number of hydrogen-bond acceptors (Lipinski definition) is 1. The first kappa shape index (κ1) is 11.3. The van der Waals surface area contributed by atoms with Crippen molar-refractivity contribution in [3.05, 3.63) is 73.1 Å². The lowest BCUT2D eigenvalue weighted by molar-refractivity contribution is 1.33. The van der Waals surface area contributed by atoms with Crippen molar-refractivity contribution in [1.29, 1.82) is 0 Å². The molecule has 0 aliphatic heterocycles. The van der Waals surface area contributed by atoms with Crippen molar-refractivity contribution < 1.29 is 0 Å². The zero-order valence-corrected chi connectivity index (χ0v) is 9.93. The van der Waals surface area contributed by atoms with E-state index in [1.54, 1.807) is 6.20 Å². The van der Waals surface area contributed by atoms with Crippen LogP contribution in [0.25, 0.3) is 16.7 Å². The van der Waals surface area contributed by atoms with Crippen LogP contribution in [0.2, 0.25) is 0 Å². The van der Waals surface area contributed by atoms with Gasteiger partial charge in [-0.05, 0) is 35.3 Å². The highest BCUT2D eigenvalue weighted by Gasteiger charge is 1.99. The Morgan fingerprint density at radius 3 is 2.41 bits per heavy atom. The highest BCUT2D eigenvalue weighted by Crippen LogP contribution is 2.22. The van der Waals surface area contributed by atoms with E-state index in [4.69, 9.17) is 0 Å². The lowest BCUT2D eigenvalue weighted by atomic mass is 10.0. The fourth-order valence-electron chi connectivity index (χ4n) is 1.79. The third kappa shape index (κ3) is 2.51. The zero-order valence-electron chi connectivity index (χ0n) is 9.93. The molecule has 0 aliphatic carbocycles. The van der Waals surface area contributed by atoms with Gasteiger partial charge in [0.15, 0.2) is 0 Å². The molecule has 84 valence electrons. The molecule has 0 aliphatic rings. The van der Waals surface area contributed by atoms with Gasteiger partial charge in [0.1, 0.15) is 0 Å². The summed E-state index contributed by atoms with van der Waals surface area (Å²) in [6.07, 6.45) is 7.59. The molecular weight excluding hydrogens is 206 g/mol. The Kier molecular flexibility index (Phi) is 3.51. The van der Waals surface area contributed by atoms with Crippen LogP contribution >= 0.6 is 0 Å². The number of rotatable bonds is 3. The van der Waals surface area contributed by atoms with Crippen molar-refractivity contribution in [2.24, 2.45) is 0 Å². The maximum atomic E-state index is 4.12. The molecule has 0 saturated carbocycles. The normalized spacial score (nSPS) is 11.2. The van der Waals surface area contributed by atoms with Gasteiger partial charge in [0, 0.05) is 12.4 Å². The van der Waals surface area contributed by atoms with Gasteiger partial charge in [0.2, 0.25) is 0 Å². The molecular formula is C16H15N. The van der Waals surface area contributed by atoms with E-state index in [0.717, 1.165) is 11.1 Å². The van der Waals surface area contributed by atoms with E-state index in [2.05, 4.69) is 48.0 Å². The molecule has 17 heavy (non-hydrogen) atoms. The van der Waals surface area contributed by atoms with Crippen LogP contribution in [-0.2, 0) is 0 Å². The molecule has 1 nitrogen and oxygen atoms in total. The predicted octanol–water partition coefficient (Wildman–Crippen LogP) is 4.34. The molecule has 0 radical (unpaired) electrons. The fraction of sp³-hybridized carbons (Fsp3) is 0.0625. The highest BCUT2D eigenvalue weighted by atomic mass is 14.6. The van der Waals surface area contributed by atoms with Gasteiger partial charge >= 0.3 is 0 Å². The molecule has 1 aromatic heterocycles. The van der Waals surface area contributed by atoms with Crippen LogP contribution in [-0.4, -0.2) is 4.98 Å². The van der Waals surface area contributed by atoms with Crippen LogP contribution in [0.5, 0.6) is 0 Å². The Bertz CT molecular complexity index is 521. The van der Waals surface area contributed by atoms with Gasteiger partial charge in [0.05, 0.1) is 0 Å². The Morgan fingerprint density at radius 2 is 1.88 bits per heavy atom. The van der Waals surface area contributed by atoms with E-state index in [0.29, 0.717) is 0 Å². The maximum Gasteiger partial charge on any atom is 0.0346 e. The summed E-state index contributed by atoms with van der Waals surface area (Å²) in [4.78, 5) is 4.12. The molecule has 0 N–H and O–H groups in total. The van der Waals surface area contributed by atoms with Crippen LogP contribution < -0.4 is 0 Å². The molecule has 0 unspecified atom stereocenters. The number of aromatic nitrogens is 1. The molecule has 0 amide bonds. The first-order valence-electron chi connectivity index (χ1n) is 5.64. The van der Waals surface area contributed by atoms with Gasteiger partial charge in [-0.15, -0.1) is 0 Å². The van der Waals surface area contributed by atoms with E-state index in [1.807, 2.05) is 25.3 Å². The molecule has 0 atom stereocenters. The lowest BCUT2D eigenvalue weighted by Gasteiger charge is -2.04. The summed E-state index contributed by atoms with van der Waals surface area (Å²) in [6.45, 7) is 5.83. The summed E-state index contributed by atoms with van der Waals surface area (Å²) in [5, 5.41) is 0. The minimum atomic E-state index is 1.14. The van der Waals surface area contributed by atoms with E-state index in [9.17, 15) is 0 Å². The van der Waals surface area contributed by atoms with Crippen molar-refractivity contribution in [1.82, 2.24) is 4.98 Å². The third-order valence-corrected chi connectivity index (χ3v) is 2.74. The number of benzene rings is 1. The molecule has 0 saturated heterocycles. The van der Waals surface area contributed by atoms with Crippen molar-refractivity contribution >= 4 is 5.57 Å². The highest BCUT2D eigenvalue weighted by molar-refractivity contribution is 5.75. The van der Waals surface area contributed by atoms with Crippen molar-refractivity contribution in [3.63, 3.8) is 0 Å². The standard InChI is InChI=1S/C16H15N/c1-3-13(4-2)14-7-9-15(10-8-14)16-6-5-11-17-12-16/h3-12H,1H2,2H3/b13-4+. The van der Waals surface area contributed by atoms with Gasteiger partial charge in [-0.2, -0.15) is 0 Å². The largest absolute Gasteiger partial charge is 0.264 e. The number of nitrogens with zero attached hydrogens (tertiary/aromatic N) is 1. The van der Waals surface area contributed by atoms with Gasteiger partial charge in [-0.3, -0.25) is 4.98 Å². The summed E-state index contributed by atoms with van der Waals surface area (Å²) in [6, 6.07) is 12.5. The second-order valence-electron chi connectivity index (χ2n) is 3.77. The van der Waals surface area contributed by atoms with Crippen LogP contribution in [0.1, 0.15) is 12.5 Å². The molecule has 1 aromatic carbocycles. The monoisotopic (exact) mass is 221 g/mol. The minimum absolute atomic E-state index is 1.14. The molecule has 0 spiro atoms. The Labute approximate surface area is 102 Å². The van der Waals surface area contributed by atoms with Crippen LogP contribution in [0.4, 0.5) is 0 Å². The smallest absolute Gasteiger partial charge is 0.0346 e. The van der Waals surface area contributed by atoms with E-state index < -0.39 is 0 Å². The first-order chi connectivity index (χ1) is 8.35. The Hall–Kier alpha value is -2.15. The number of hydrogen-bond donors (Lipinski definition) is 0. The maximum absolute atomic E-state index is 4.12. The van der Waals surface area contributed by atoms with Gasteiger partial charge < -0.3 is 0 Å². The van der Waals surface area contributed by atoms with E-state index in [1.165, 1.54) is 11.1 Å². The van der Waals surface area contributed by atoms with E-state index >= 15 is 0 Å². The van der Waals surface area contributed by atoms with E-state index in [-0.39, 0.29) is 0 Å². The van der Waals surface area contributed by atoms with Gasteiger partial charge in [-0.1, -0.05) is 49.1 Å². The topological polar surface area (TPSA) is 12.9 Å². The van der Waals surface area contributed by atoms with Crippen LogP contribution in [0.3, 0.4) is 0 Å². The first-order valence-corrected chi connectivity index (χ1v) is 5.64. The summed E-state index contributed by atoms with van der Waals surface area (Å²) >= 11 is 0. The fourth-order valence-corrected chi connectivity index (χ4v) is 1.79. The third-order valence-electron chi connectivity index (χ3n) is 2.74. The van der Waals surface area contributed by atoms with Crippen molar-refractivity contribution in [2.75, 3.05) is 0 Å². The molecule has 2 aromatic rings. The number of pyridine rings is 1. The second kappa shape index (κ2) is 5.26.